The molecule has 2 nitrogen and oxygen atoms in total. The third-order valence-corrected chi connectivity index (χ3v) is 7.16. The Hall–Kier alpha value is -3.91. The van der Waals surface area contributed by atoms with Crippen LogP contribution in [0.4, 0.5) is 0 Å². The van der Waals surface area contributed by atoms with Crippen molar-refractivity contribution in [1.29, 1.82) is 0 Å². The van der Waals surface area contributed by atoms with E-state index in [0.717, 1.165) is 0 Å². The van der Waals surface area contributed by atoms with Gasteiger partial charge in [0.25, 0.3) is 0 Å². The first-order chi connectivity index (χ1) is 15.6. The number of rotatable bonds is 1. The van der Waals surface area contributed by atoms with Gasteiger partial charge in [-0.2, -0.15) is 0 Å². The van der Waals surface area contributed by atoms with Crippen molar-refractivity contribution in [3.63, 3.8) is 0 Å². The fraction of sp³-hybridized carbons (Fsp3) is 0.100. The van der Waals surface area contributed by atoms with E-state index in [1.807, 2.05) is 0 Å². The zero-order valence-corrected chi connectivity index (χ0v) is 18.5. The molecule has 0 saturated carbocycles. The summed E-state index contributed by atoms with van der Waals surface area (Å²) in [6, 6.07) is 29.0. The van der Waals surface area contributed by atoms with Crippen LogP contribution < -0.4 is 4.57 Å². The second-order valence-electron chi connectivity index (χ2n) is 9.06. The summed E-state index contributed by atoms with van der Waals surface area (Å²) in [6.07, 6.45) is 2.21. The molecule has 0 bridgehead atoms. The Balaban J connectivity index is 1.87. The number of hydrogen-bond acceptors (Lipinski definition) is 0. The zero-order chi connectivity index (χ0) is 21.6. The zero-order valence-electron chi connectivity index (χ0n) is 18.5. The van der Waals surface area contributed by atoms with Crippen LogP contribution in [0.5, 0.6) is 0 Å². The van der Waals surface area contributed by atoms with Crippen molar-refractivity contribution in [2.24, 2.45) is 7.05 Å². The molecule has 4 aromatic carbocycles. The van der Waals surface area contributed by atoms with Crippen LogP contribution in [0.15, 0.2) is 85.1 Å². The van der Waals surface area contributed by atoms with Gasteiger partial charge in [0.2, 0.25) is 5.52 Å². The molecule has 7 rings (SSSR count). The smallest absolute Gasteiger partial charge is 0.224 e. The lowest BCUT2D eigenvalue weighted by atomic mass is 9.96. The molecule has 0 amide bonds. The predicted molar refractivity (Wildman–Crippen MR) is 135 cm³/mol. The molecule has 0 unspecified atom stereocenters. The van der Waals surface area contributed by atoms with Crippen molar-refractivity contribution in [3.8, 4) is 11.1 Å². The highest BCUT2D eigenvalue weighted by atomic mass is 15.0. The van der Waals surface area contributed by atoms with Crippen molar-refractivity contribution in [2.45, 2.75) is 13.8 Å². The molecular weight excluding hydrogens is 388 g/mol. The van der Waals surface area contributed by atoms with E-state index in [1.165, 1.54) is 71.3 Å². The summed E-state index contributed by atoms with van der Waals surface area (Å²) in [7, 11) is 2.17. The summed E-state index contributed by atoms with van der Waals surface area (Å²) >= 11 is 0. The predicted octanol–water partition coefficient (Wildman–Crippen LogP) is 7.10. The molecule has 2 heteroatoms. The van der Waals surface area contributed by atoms with Crippen LogP contribution in [0.1, 0.15) is 11.1 Å². The number of hydrogen-bond donors (Lipinski definition) is 0. The molecule has 152 valence electrons. The molecule has 32 heavy (non-hydrogen) atoms. The second kappa shape index (κ2) is 6.08. The maximum Gasteiger partial charge on any atom is 0.224 e. The van der Waals surface area contributed by atoms with E-state index in [9.17, 15) is 0 Å². The van der Waals surface area contributed by atoms with Gasteiger partial charge in [-0.3, -0.25) is 0 Å². The molecule has 0 aliphatic carbocycles. The minimum absolute atomic E-state index is 1.25. The molecule has 0 saturated heterocycles. The van der Waals surface area contributed by atoms with Gasteiger partial charge in [0.15, 0.2) is 6.20 Å². The van der Waals surface area contributed by atoms with E-state index in [0.29, 0.717) is 0 Å². The Morgan fingerprint density at radius 2 is 1.47 bits per heavy atom. The van der Waals surface area contributed by atoms with Gasteiger partial charge in [-0.15, -0.1) is 0 Å². The standard InChI is InChI=1S/C30H23N2/c1-18-12-13-24-23-11-7-8-19(2)28(23)32-25-17-22(20-9-5-4-6-10-20)16-21-14-15-31(3)30(27(21)25)26(18)29(24)32/h4-17H,1-3H3/q+1. The molecule has 0 fully saturated rings. The molecule has 3 heterocycles. The summed E-state index contributed by atoms with van der Waals surface area (Å²) < 4.78 is 4.83. The minimum atomic E-state index is 1.25. The van der Waals surface area contributed by atoms with E-state index >= 15 is 0 Å². The topological polar surface area (TPSA) is 8.29 Å². The van der Waals surface area contributed by atoms with E-state index in [4.69, 9.17) is 0 Å². The number of pyridine rings is 2. The molecular formula is C30H23N2+. The molecule has 0 atom stereocenters. The Bertz CT molecular complexity index is 1840. The van der Waals surface area contributed by atoms with Gasteiger partial charge >= 0.3 is 0 Å². The minimum Gasteiger partial charge on any atom is -0.307 e. The van der Waals surface area contributed by atoms with E-state index < -0.39 is 0 Å². The fourth-order valence-corrected chi connectivity index (χ4v) is 5.72. The van der Waals surface area contributed by atoms with E-state index in [2.05, 4.69) is 115 Å². The summed E-state index contributed by atoms with van der Waals surface area (Å²) in [5, 5.41) is 6.63. The van der Waals surface area contributed by atoms with Crippen LogP contribution in [0.25, 0.3) is 60.1 Å². The normalized spacial score (nSPS) is 12.2. The number of aryl methyl sites for hydroxylation is 3. The number of fused-ring (bicyclic) bond motifs is 5. The van der Waals surface area contributed by atoms with Gasteiger partial charge in [-0.25, -0.2) is 4.57 Å². The molecule has 3 aromatic heterocycles. The first-order valence-electron chi connectivity index (χ1n) is 11.2. The number of benzene rings is 4. The second-order valence-corrected chi connectivity index (χ2v) is 9.06. The Morgan fingerprint density at radius 1 is 0.656 bits per heavy atom. The summed E-state index contributed by atoms with van der Waals surface area (Å²) in [5.74, 6) is 0. The lowest BCUT2D eigenvalue weighted by Crippen LogP contribution is -2.28. The maximum atomic E-state index is 2.53. The largest absolute Gasteiger partial charge is 0.307 e. The monoisotopic (exact) mass is 411 g/mol. The van der Waals surface area contributed by atoms with Crippen LogP contribution in [0, 0.1) is 13.8 Å². The van der Waals surface area contributed by atoms with Gasteiger partial charge in [-0.1, -0.05) is 60.7 Å². The van der Waals surface area contributed by atoms with E-state index in [-0.39, 0.29) is 0 Å². The molecule has 0 aliphatic rings. The molecule has 0 aliphatic heterocycles. The number of para-hydroxylation sites is 1. The van der Waals surface area contributed by atoms with Crippen molar-refractivity contribution < 1.29 is 4.57 Å². The third kappa shape index (κ3) is 2.12. The van der Waals surface area contributed by atoms with Crippen molar-refractivity contribution in [2.75, 3.05) is 0 Å². The quantitative estimate of drug-likeness (QED) is 0.155. The van der Waals surface area contributed by atoms with Gasteiger partial charge in [0.05, 0.1) is 27.3 Å². The molecule has 7 aromatic rings. The highest BCUT2D eigenvalue weighted by Gasteiger charge is 2.24. The van der Waals surface area contributed by atoms with Gasteiger partial charge in [0, 0.05) is 16.8 Å². The van der Waals surface area contributed by atoms with Crippen molar-refractivity contribution in [3.05, 3.63) is 96.2 Å². The average Bonchev–Trinajstić information content (AvgIpc) is 3.16. The van der Waals surface area contributed by atoms with Crippen LogP contribution in [-0.4, -0.2) is 4.40 Å². The Morgan fingerprint density at radius 3 is 2.31 bits per heavy atom. The molecule has 0 radical (unpaired) electrons. The summed E-state index contributed by atoms with van der Waals surface area (Å²) in [4.78, 5) is 0. The third-order valence-electron chi connectivity index (χ3n) is 7.16. The Kier molecular flexibility index (Phi) is 3.37. The van der Waals surface area contributed by atoms with Crippen LogP contribution in [0.3, 0.4) is 0 Å². The van der Waals surface area contributed by atoms with Crippen LogP contribution in [-0.2, 0) is 7.05 Å². The molecule has 0 N–H and O–H groups in total. The highest BCUT2D eigenvalue weighted by molar-refractivity contribution is 6.26. The number of aromatic nitrogens is 2. The maximum absolute atomic E-state index is 2.53. The first-order valence-corrected chi connectivity index (χ1v) is 11.2. The summed E-state index contributed by atoms with van der Waals surface area (Å²) in [6.45, 7) is 4.47. The first kappa shape index (κ1) is 17.7. The Labute approximate surface area is 186 Å². The van der Waals surface area contributed by atoms with Crippen molar-refractivity contribution in [1.82, 2.24) is 4.40 Å². The average molecular weight is 412 g/mol. The summed E-state index contributed by atoms with van der Waals surface area (Å²) in [5.41, 5.74) is 10.4. The number of nitrogens with zero attached hydrogens (tertiary/aromatic N) is 2. The lowest BCUT2D eigenvalue weighted by Gasteiger charge is -2.15. The highest BCUT2D eigenvalue weighted by Crippen LogP contribution is 2.42. The van der Waals surface area contributed by atoms with Crippen LogP contribution in [0.2, 0.25) is 0 Å². The van der Waals surface area contributed by atoms with Crippen LogP contribution >= 0.6 is 0 Å². The van der Waals surface area contributed by atoms with Gasteiger partial charge < -0.3 is 4.40 Å². The van der Waals surface area contributed by atoms with Gasteiger partial charge in [-0.05, 0) is 53.6 Å². The van der Waals surface area contributed by atoms with Crippen molar-refractivity contribution >= 4 is 49.0 Å². The molecule has 0 spiro atoms. The SMILES string of the molecule is Cc1ccc2c3cccc(C)c3n3c4cc(-c5ccccc5)cc5cc[n+](C)c(c1c23)c54. The van der Waals surface area contributed by atoms with E-state index in [1.54, 1.807) is 0 Å². The lowest BCUT2D eigenvalue weighted by molar-refractivity contribution is -0.643. The fourth-order valence-electron chi connectivity index (χ4n) is 5.72. The van der Waals surface area contributed by atoms with Gasteiger partial charge in [0.1, 0.15) is 7.05 Å².